The highest BCUT2D eigenvalue weighted by molar-refractivity contribution is 5.27. The number of ether oxygens (including phenoxy) is 1. The number of rotatable bonds is 7. The molecule has 3 rings (SSSR count). The Hall–Kier alpha value is -1.80. The van der Waals surface area contributed by atoms with Crippen LogP contribution in [0.3, 0.4) is 0 Å². The maximum absolute atomic E-state index is 5.79. The van der Waals surface area contributed by atoms with E-state index >= 15 is 0 Å². The number of benzene rings is 2. The highest BCUT2D eigenvalue weighted by Gasteiger charge is 2.31. The second kappa shape index (κ2) is 6.77. The average molecular weight is 281 g/mol. The second-order valence-corrected chi connectivity index (χ2v) is 6.02. The average Bonchev–Trinajstić information content (AvgIpc) is 3.23. The summed E-state index contributed by atoms with van der Waals surface area (Å²) >= 11 is 0. The van der Waals surface area contributed by atoms with Crippen LogP contribution in [0.5, 0.6) is 5.75 Å². The minimum atomic E-state index is 0.623. The molecule has 2 unspecified atom stereocenters. The summed E-state index contributed by atoms with van der Waals surface area (Å²) in [6, 6.07) is 18.6. The molecule has 0 amide bonds. The lowest BCUT2D eigenvalue weighted by Crippen LogP contribution is -2.16. The van der Waals surface area contributed by atoms with E-state index in [1.807, 2.05) is 18.2 Å². The Morgan fingerprint density at radius 1 is 1.00 bits per heavy atom. The van der Waals surface area contributed by atoms with Crippen LogP contribution in [-0.4, -0.2) is 6.54 Å². The van der Waals surface area contributed by atoms with Crippen molar-refractivity contribution in [1.82, 2.24) is 5.32 Å². The molecule has 1 saturated carbocycles. The third-order valence-corrected chi connectivity index (χ3v) is 4.18. The largest absolute Gasteiger partial charge is 0.489 e. The zero-order valence-corrected chi connectivity index (χ0v) is 12.6. The first kappa shape index (κ1) is 14.2. The van der Waals surface area contributed by atoms with Gasteiger partial charge in [-0.3, -0.25) is 0 Å². The summed E-state index contributed by atoms with van der Waals surface area (Å²) in [6.07, 6.45) is 1.39. The van der Waals surface area contributed by atoms with Gasteiger partial charge in [-0.05, 0) is 48.1 Å². The van der Waals surface area contributed by atoms with Gasteiger partial charge in [0.1, 0.15) is 12.4 Å². The summed E-state index contributed by atoms with van der Waals surface area (Å²) < 4.78 is 5.79. The van der Waals surface area contributed by atoms with Gasteiger partial charge in [0.2, 0.25) is 0 Å². The van der Waals surface area contributed by atoms with Crippen LogP contribution in [0.15, 0.2) is 54.6 Å². The predicted octanol–water partition coefficient (Wildman–Crippen LogP) is 4.01. The summed E-state index contributed by atoms with van der Waals surface area (Å²) in [7, 11) is 0. The van der Waals surface area contributed by atoms with Crippen molar-refractivity contribution in [1.29, 1.82) is 0 Å². The molecule has 0 heterocycles. The molecule has 110 valence electrons. The first-order valence-corrected chi connectivity index (χ1v) is 7.77. The van der Waals surface area contributed by atoms with E-state index in [-0.39, 0.29) is 0 Å². The van der Waals surface area contributed by atoms with E-state index in [9.17, 15) is 0 Å². The fourth-order valence-electron chi connectivity index (χ4n) is 2.53. The Balaban J connectivity index is 1.43. The molecule has 1 fully saturated rings. The smallest absolute Gasteiger partial charge is 0.119 e. The zero-order valence-electron chi connectivity index (χ0n) is 12.6. The van der Waals surface area contributed by atoms with Gasteiger partial charge < -0.3 is 10.1 Å². The maximum atomic E-state index is 5.79. The van der Waals surface area contributed by atoms with E-state index in [0.717, 1.165) is 30.7 Å². The zero-order chi connectivity index (χ0) is 14.5. The fraction of sp³-hybridized carbons (Fsp3) is 0.368. The van der Waals surface area contributed by atoms with Crippen molar-refractivity contribution in [2.24, 2.45) is 11.8 Å². The van der Waals surface area contributed by atoms with E-state index in [0.29, 0.717) is 6.61 Å². The van der Waals surface area contributed by atoms with Crippen molar-refractivity contribution in [3.8, 4) is 5.75 Å². The van der Waals surface area contributed by atoms with Gasteiger partial charge >= 0.3 is 0 Å². The van der Waals surface area contributed by atoms with E-state index in [4.69, 9.17) is 4.74 Å². The quantitative estimate of drug-likeness (QED) is 0.828. The minimum absolute atomic E-state index is 0.623. The summed E-state index contributed by atoms with van der Waals surface area (Å²) in [5.41, 5.74) is 2.51. The molecule has 1 aliphatic rings. The monoisotopic (exact) mass is 281 g/mol. The van der Waals surface area contributed by atoms with Crippen LogP contribution in [0.1, 0.15) is 24.5 Å². The van der Waals surface area contributed by atoms with Crippen LogP contribution < -0.4 is 10.1 Å². The number of hydrogen-bond acceptors (Lipinski definition) is 2. The van der Waals surface area contributed by atoms with Gasteiger partial charge in [0.05, 0.1) is 0 Å². The van der Waals surface area contributed by atoms with E-state index in [1.54, 1.807) is 0 Å². The lowest BCUT2D eigenvalue weighted by atomic mass is 10.2. The molecule has 0 radical (unpaired) electrons. The lowest BCUT2D eigenvalue weighted by molar-refractivity contribution is 0.306. The Morgan fingerprint density at radius 2 is 1.71 bits per heavy atom. The molecule has 0 spiro atoms. The molecular formula is C19H23NO. The second-order valence-electron chi connectivity index (χ2n) is 6.02. The summed E-state index contributed by atoms with van der Waals surface area (Å²) in [5.74, 6) is 2.75. The van der Waals surface area contributed by atoms with Crippen molar-refractivity contribution in [2.75, 3.05) is 6.54 Å². The van der Waals surface area contributed by atoms with E-state index in [2.05, 4.69) is 48.6 Å². The topological polar surface area (TPSA) is 21.3 Å². The summed E-state index contributed by atoms with van der Waals surface area (Å²) in [6.45, 7) is 5.04. The van der Waals surface area contributed by atoms with Crippen molar-refractivity contribution in [3.63, 3.8) is 0 Å². The van der Waals surface area contributed by atoms with Gasteiger partial charge in [-0.2, -0.15) is 0 Å². The predicted molar refractivity (Wildman–Crippen MR) is 86.2 cm³/mol. The number of nitrogens with one attached hydrogen (secondary N) is 1. The SMILES string of the molecule is CC1CC1CNCc1ccc(OCc2ccccc2)cc1. The van der Waals surface area contributed by atoms with Crippen LogP contribution in [0, 0.1) is 11.8 Å². The third kappa shape index (κ3) is 4.33. The van der Waals surface area contributed by atoms with Crippen LogP contribution >= 0.6 is 0 Å². The van der Waals surface area contributed by atoms with Gasteiger partial charge in [-0.15, -0.1) is 0 Å². The lowest BCUT2D eigenvalue weighted by Gasteiger charge is -2.08. The standard InChI is InChI=1S/C19H23NO/c1-15-11-18(15)13-20-12-16-7-9-19(10-8-16)21-14-17-5-3-2-4-6-17/h2-10,15,18,20H,11-14H2,1H3. The van der Waals surface area contributed by atoms with Gasteiger partial charge in [0.25, 0.3) is 0 Å². The molecule has 2 atom stereocenters. The molecule has 0 saturated heterocycles. The Labute approximate surface area is 127 Å². The van der Waals surface area contributed by atoms with Crippen molar-refractivity contribution in [2.45, 2.75) is 26.5 Å². The van der Waals surface area contributed by atoms with Crippen molar-refractivity contribution >= 4 is 0 Å². The summed E-state index contributed by atoms with van der Waals surface area (Å²) in [4.78, 5) is 0. The van der Waals surface area contributed by atoms with Gasteiger partial charge in [-0.25, -0.2) is 0 Å². The Bertz CT molecular complexity index is 550. The van der Waals surface area contributed by atoms with E-state index in [1.165, 1.54) is 17.5 Å². The van der Waals surface area contributed by atoms with Crippen LogP contribution in [-0.2, 0) is 13.2 Å². The Morgan fingerprint density at radius 3 is 2.38 bits per heavy atom. The van der Waals surface area contributed by atoms with E-state index < -0.39 is 0 Å². The van der Waals surface area contributed by atoms with Crippen molar-refractivity contribution in [3.05, 3.63) is 65.7 Å². The fourth-order valence-corrected chi connectivity index (χ4v) is 2.53. The normalized spacial score (nSPS) is 20.2. The van der Waals surface area contributed by atoms with Gasteiger partial charge in [0, 0.05) is 6.54 Å². The molecule has 0 bridgehead atoms. The molecule has 1 aliphatic carbocycles. The third-order valence-electron chi connectivity index (χ3n) is 4.18. The minimum Gasteiger partial charge on any atom is -0.489 e. The molecule has 2 aromatic carbocycles. The molecule has 0 aliphatic heterocycles. The first-order valence-electron chi connectivity index (χ1n) is 7.77. The summed E-state index contributed by atoms with van der Waals surface area (Å²) in [5, 5.41) is 3.53. The van der Waals surface area contributed by atoms with Crippen LogP contribution in [0.25, 0.3) is 0 Å². The molecule has 1 N–H and O–H groups in total. The molecule has 0 aromatic heterocycles. The maximum Gasteiger partial charge on any atom is 0.119 e. The number of hydrogen-bond donors (Lipinski definition) is 1. The molecule has 2 aromatic rings. The van der Waals surface area contributed by atoms with Crippen LogP contribution in [0.4, 0.5) is 0 Å². The van der Waals surface area contributed by atoms with Crippen LogP contribution in [0.2, 0.25) is 0 Å². The molecule has 2 heteroatoms. The first-order chi connectivity index (χ1) is 10.3. The Kier molecular flexibility index (Phi) is 4.56. The highest BCUT2D eigenvalue weighted by Crippen LogP contribution is 2.36. The van der Waals surface area contributed by atoms with Gasteiger partial charge in [0.15, 0.2) is 0 Å². The molecule has 2 nitrogen and oxygen atoms in total. The molecular weight excluding hydrogens is 258 g/mol. The highest BCUT2D eigenvalue weighted by atomic mass is 16.5. The molecule has 21 heavy (non-hydrogen) atoms. The van der Waals surface area contributed by atoms with Gasteiger partial charge in [-0.1, -0.05) is 49.4 Å². The van der Waals surface area contributed by atoms with Crippen molar-refractivity contribution < 1.29 is 4.74 Å².